The van der Waals surface area contributed by atoms with E-state index in [2.05, 4.69) is 20.1 Å². The Morgan fingerprint density at radius 1 is 1.00 bits per heavy atom. The van der Waals surface area contributed by atoms with Gasteiger partial charge in [-0.1, -0.05) is 12.8 Å². The number of nitrogens with zero attached hydrogens (tertiary/aromatic N) is 3. The minimum atomic E-state index is 0. The quantitative estimate of drug-likeness (QED) is 0.230. The first-order valence-electron chi connectivity index (χ1n) is 10.6. The van der Waals surface area contributed by atoms with Crippen molar-refractivity contribution in [2.24, 2.45) is 4.99 Å². The van der Waals surface area contributed by atoms with E-state index in [1.165, 1.54) is 51.7 Å². The lowest BCUT2D eigenvalue weighted by molar-refractivity contribution is 0.00991. The average molecular weight is 496 g/mol. The third-order valence-electron chi connectivity index (χ3n) is 5.43. The Balaban J connectivity index is 0.00000364. The molecule has 0 saturated carbocycles. The Kier molecular flexibility index (Phi) is 14.5. The topological polar surface area (TPSA) is 49.3 Å². The fraction of sp³-hybridized carbons (Fsp3) is 0.950. The van der Waals surface area contributed by atoms with E-state index in [-0.39, 0.29) is 24.0 Å². The molecule has 0 unspecified atom stereocenters. The van der Waals surface area contributed by atoms with Crippen molar-refractivity contribution in [1.82, 2.24) is 15.1 Å². The van der Waals surface area contributed by atoms with Gasteiger partial charge in [0, 0.05) is 47.0 Å². The number of nitrogens with one attached hydrogen (secondary N) is 1. The van der Waals surface area contributed by atoms with Gasteiger partial charge in [-0.05, 0) is 58.2 Å². The number of guanidine groups is 1. The standard InChI is InChI=1S/C20H40N4O2.HI/c1-21-20(22-11-7-14-23-12-5-3-4-6-13-23)24-15-9-19(10-16-24)26-18-8-17-25-2;/h19H,3-18H2,1-2H3,(H,21,22);1H. The van der Waals surface area contributed by atoms with Crippen LogP contribution in [0, 0.1) is 0 Å². The van der Waals surface area contributed by atoms with Crippen molar-refractivity contribution >= 4 is 29.9 Å². The fourth-order valence-electron chi connectivity index (χ4n) is 3.88. The Bertz CT molecular complexity index is 382. The van der Waals surface area contributed by atoms with Crippen molar-refractivity contribution in [3.8, 4) is 0 Å². The molecule has 2 fully saturated rings. The molecule has 0 aromatic rings. The van der Waals surface area contributed by atoms with Gasteiger partial charge in [0.05, 0.1) is 6.10 Å². The average Bonchev–Trinajstić information content (AvgIpc) is 2.95. The molecule has 2 saturated heterocycles. The lowest BCUT2D eigenvalue weighted by atomic mass is 10.1. The van der Waals surface area contributed by atoms with Crippen LogP contribution in [0.3, 0.4) is 0 Å². The van der Waals surface area contributed by atoms with Crippen LogP contribution < -0.4 is 5.32 Å². The molecule has 0 radical (unpaired) electrons. The van der Waals surface area contributed by atoms with Crippen molar-refractivity contribution in [3.63, 3.8) is 0 Å². The van der Waals surface area contributed by atoms with Gasteiger partial charge in [-0.15, -0.1) is 24.0 Å². The summed E-state index contributed by atoms with van der Waals surface area (Å²) < 4.78 is 11.0. The van der Waals surface area contributed by atoms with Crippen molar-refractivity contribution in [1.29, 1.82) is 0 Å². The van der Waals surface area contributed by atoms with Gasteiger partial charge >= 0.3 is 0 Å². The highest BCUT2D eigenvalue weighted by molar-refractivity contribution is 14.0. The van der Waals surface area contributed by atoms with Crippen LogP contribution in [0.25, 0.3) is 0 Å². The maximum atomic E-state index is 5.95. The Labute approximate surface area is 183 Å². The number of halogens is 1. The second kappa shape index (κ2) is 15.8. The zero-order valence-corrected chi connectivity index (χ0v) is 19.8. The lowest BCUT2D eigenvalue weighted by Crippen LogP contribution is -2.47. The lowest BCUT2D eigenvalue weighted by Gasteiger charge is -2.34. The second-order valence-electron chi connectivity index (χ2n) is 7.49. The minimum absolute atomic E-state index is 0. The van der Waals surface area contributed by atoms with Gasteiger partial charge < -0.3 is 24.6 Å². The molecule has 2 aliphatic heterocycles. The Hall–Kier alpha value is -0.120. The van der Waals surface area contributed by atoms with E-state index in [0.717, 1.165) is 58.1 Å². The highest BCUT2D eigenvalue weighted by atomic mass is 127. The molecule has 160 valence electrons. The van der Waals surface area contributed by atoms with Gasteiger partial charge in [0.25, 0.3) is 0 Å². The summed E-state index contributed by atoms with van der Waals surface area (Å²) in [6.07, 6.45) is 10.3. The number of likely N-dealkylation sites (tertiary alicyclic amines) is 2. The zero-order chi connectivity index (χ0) is 18.5. The first kappa shape index (κ1) is 24.9. The van der Waals surface area contributed by atoms with Gasteiger partial charge in [0.2, 0.25) is 0 Å². The number of rotatable bonds is 9. The molecule has 2 rings (SSSR count). The van der Waals surface area contributed by atoms with E-state index in [0.29, 0.717) is 6.10 Å². The van der Waals surface area contributed by atoms with Gasteiger partial charge in [0.1, 0.15) is 0 Å². The highest BCUT2D eigenvalue weighted by Crippen LogP contribution is 2.14. The van der Waals surface area contributed by atoms with E-state index < -0.39 is 0 Å². The largest absolute Gasteiger partial charge is 0.385 e. The van der Waals surface area contributed by atoms with Crippen LogP contribution in [0.4, 0.5) is 0 Å². The molecule has 0 aromatic heterocycles. The first-order valence-corrected chi connectivity index (χ1v) is 10.6. The predicted molar refractivity (Wildman–Crippen MR) is 123 cm³/mol. The van der Waals surface area contributed by atoms with Crippen molar-refractivity contribution in [3.05, 3.63) is 0 Å². The molecule has 0 bridgehead atoms. The molecule has 0 atom stereocenters. The van der Waals surface area contributed by atoms with Crippen LogP contribution in [-0.2, 0) is 9.47 Å². The molecule has 7 heteroatoms. The Morgan fingerprint density at radius 2 is 1.70 bits per heavy atom. The smallest absolute Gasteiger partial charge is 0.193 e. The minimum Gasteiger partial charge on any atom is -0.385 e. The highest BCUT2D eigenvalue weighted by Gasteiger charge is 2.21. The number of piperidine rings is 1. The normalized spacial score (nSPS) is 20.2. The summed E-state index contributed by atoms with van der Waals surface area (Å²) >= 11 is 0. The Morgan fingerprint density at radius 3 is 2.33 bits per heavy atom. The monoisotopic (exact) mass is 496 g/mol. The summed E-state index contributed by atoms with van der Waals surface area (Å²) in [5.74, 6) is 1.05. The fourth-order valence-corrected chi connectivity index (χ4v) is 3.88. The van der Waals surface area contributed by atoms with Crippen molar-refractivity contribution in [2.45, 2.75) is 57.5 Å². The molecule has 0 spiro atoms. The number of ether oxygens (including phenoxy) is 2. The van der Waals surface area contributed by atoms with Gasteiger partial charge in [-0.3, -0.25) is 4.99 Å². The SMILES string of the molecule is CN=C(NCCCN1CCCCCC1)N1CCC(OCCCOC)CC1.I. The first-order chi connectivity index (χ1) is 12.8. The van der Waals surface area contributed by atoms with Gasteiger partial charge in [-0.25, -0.2) is 0 Å². The van der Waals surface area contributed by atoms with E-state index in [1.807, 2.05) is 7.05 Å². The molecule has 2 aliphatic rings. The van der Waals surface area contributed by atoms with Crippen LogP contribution in [0.1, 0.15) is 51.4 Å². The molecule has 2 heterocycles. The summed E-state index contributed by atoms with van der Waals surface area (Å²) in [6, 6.07) is 0. The molecule has 27 heavy (non-hydrogen) atoms. The summed E-state index contributed by atoms with van der Waals surface area (Å²) in [7, 11) is 3.63. The second-order valence-corrected chi connectivity index (χ2v) is 7.49. The number of aliphatic imine (C=N–C) groups is 1. The number of hydrogen-bond acceptors (Lipinski definition) is 4. The van der Waals surface area contributed by atoms with Gasteiger partial charge in [0.15, 0.2) is 5.96 Å². The van der Waals surface area contributed by atoms with Crippen LogP contribution in [-0.4, -0.2) is 88.5 Å². The van der Waals surface area contributed by atoms with E-state index in [4.69, 9.17) is 9.47 Å². The molecule has 6 nitrogen and oxygen atoms in total. The maximum Gasteiger partial charge on any atom is 0.193 e. The van der Waals surface area contributed by atoms with Crippen LogP contribution in [0.2, 0.25) is 0 Å². The molecule has 1 N–H and O–H groups in total. The summed E-state index contributed by atoms with van der Waals surface area (Å²) in [5, 5.41) is 3.56. The number of hydrogen-bond donors (Lipinski definition) is 1. The predicted octanol–water partition coefficient (Wildman–Crippen LogP) is 2.96. The van der Waals surface area contributed by atoms with Crippen LogP contribution in [0.15, 0.2) is 4.99 Å². The van der Waals surface area contributed by atoms with Gasteiger partial charge in [-0.2, -0.15) is 0 Å². The molecular formula is C20H41IN4O2. The van der Waals surface area contributed by atoms with E-state index in [1.54, 1.807) is 7.11 Å². The van der Waals surface area contributed by atoms with Crippen molar-refractivity contribution in [2.75, 3.05) is 66.6 Å². The van der Waals surface area contributed by atoms with E-state index in [9.17, 15) is 0 Å². The van der Waals surface area contributed by atoms with Crippen LogP contribution in [0.5, 0.6) is 0 Å². The zero-order valence-electron chi connectivity index (χ0n) is 17.5. The maximum absolute atomic E-state index is 5.95. The molecule has 0 aliphatic carbocycles. The number of methoxy groups -OCH3 is 1. The third-order valence-corrected chi connectivity index (χ3v) is 5.43. The third kappa shape index (κ3) is 10.3. The summed E-state index contributed by atoms with van der Waals surface area (Å²) in [6.45, 7) is 8.44. The van der Waals surface area contributed by atoms with Crippen LogP contribution >= 0.6 is 24.0 Å². The van der Waals surface area contributed by atoms with Crippen molar-refractivity contribution < 1.29 is 9.47 Å². The van der Waals surface area contributed by atoms with E-state index >= 15 is 0 Å². The summed E-state index contributed by atoms with van der Waals surface area (Å²) in [5.41, 5.74) is 0. The summed E-state index contributed by atoms with van der Waals surface area (Å²) in [4.78, 5) is 9.49. The molecule has 0 aromatic carbocycles. The molecule has 0 amide bonds. The molecular weight excluding hydrogens is 455 g/mol.